The second-order valence-electron chi connectivity index (χ2n) is 4.18. The number of pyridine rings is 1. The average molecular weight is 223 g/mol. The van der Waals surface area contributed by atoms with Crippen molar-refractivity contribution in [2.24, 2.45) is 0 Å². The fourth-order valence-corrected chi connectivity index (χ4v) is 2.01. The minimum absolute atomic E-state index is 1.00. The number of hydrogen-bond acceptors (Lipinski definition) is 1. The van der Waals surface area contributed by atoms with Gasteiger partial charge in [0.25, 0.3) is 0 Å². The van der Waals surface area contributed by atoms with Gasteiger partial charge in [-0.1, -0.05) is 36.9 Å². The molecule has 86 valence electrons. The minimum Gasteiger partial charge on any atom is -0.257 e. The van der Waals surface area contributed by atoms with Crippen LogP contribution in [0, 0.1) is 6.92 Å². The molecule has 0 aliphatic carbocycles. The molecular weight excluding hydrogens is 206 g/mol. The summed E-state index contributed by atoms with van der Waals surface area (Å²) in [6.45, 7) is 5.96. The van der Waals surface area contributed by atoms with Crippen LogP contribution < -0.4 is 0 Å². The lowest BCUT2D eigenvalue weighted by Crippen LogP contribution is -1.97. The first kappa shape index (κ1) is 11.6. The summed E-state index contributed by atoms with van der Waals surface area (Å²) in [5, 5.41) is 0. The molecule has 0 atom stereocenters. The maximum absolute atomic E-state index is 4.31. The lowest BCUT2D eigenvalue weighted by atomic mass is 10.00. The van der Waals surface area contributed by atoms with Gasteiger partial charge in [0, 0.05) is 6.20 Å². The second kappa shape index (κ2) is 5.44. The average Bonchev–Trinajstić information content (AvgIpc) is 2.38. The zero-order chi connectivity index (χ0) is 12.1. The van der Waals surface area contributed by atoms with Crippen LogP contribution in [0.4, 0.5) is 0 Å². The van der Waals surface area contributed by atoms with Crippen molar-refractivity contribution in [1.29, 1.82) is 0 Å². The third kappa shape index (κ3) is 2.82. The van der Waals surface area contributed by atoms with Crippen LogP contribution in [0.5, 0.6) is 0 Å². The van der Waals surface area contributed by atoms with E-state index in [1.54, 1.807) is 0 Å². The van der Waals surface area contributed by atoms with Gasteiger partial charge in [-0.3, -0.25) is 4.98 Å². The Balaban J connectivity index is 2.13. The third-order valence-electron chi connectivity index (χ3n) is 3.04. The van der Waals surface area contributed by atoms with Crippen molar-refractivity contribution in [3.63, 3.8) is 0 Å². The zero-order valence-electron chi connectivity index (χ0n) is 10.2. The van der Waals surface area contributed by atoms with E-state index >= 15 is 0 Å². The summed E-state index contributed by atoms with van der Waals surface area (Å²) in [5.41, 5.74) is 5.04. The summed E-state index contributed by atoms with van der Waals surface area (Å²) in [7, 11) is 0. The van der Waals surface area contributed by atoms with Gasteiger partial charge in [-0.15, -0.1) is 0 Å². The van der Waals surface area contributed by atoms with Crippen molar-refractivity contribution in [3.05, 3.63) is 71.6 Å². The highest BCUT2D eigenvalue weighted by molar-refractivity contribution is 5.46. The lowest BCUT2D eigenvalue weighted by molar-refractivity contribution is 0.936. The van der Waals surface area contributed by atoms with E-state index < -0.39 is 0 Å². The van der Waals surface area contributed by atoms with Gasteiger partial charge in [-0.05, 0) is 48.6 Å². The van der Waals surface area contributed by atoms with Crippen LogP contribution >= 0.6 is 0 Å². The molecule has 0 fully saturated rings. The highest BCUT2D eigenvalue weighted by Gasteiger charge is 2.02. The number of aromatic nitrogens is 1. The van der Waals surface area contributed by atoms with Gasteiger partial charge in [0.2, 0.25) is 0 Å². The summed E-state index contributed by atoms with van der Waals surface area (Å²) in [6.07, 6.45) is 5.71. The molecule has 0 spiro atoms. The van der Waals surface area contributed by atoms with E-state index in [-0.39, 0.29) is 0 Å². The van der Waals surface area contributed by atoms with Gasteiger partial charge in [-0.25, -0.2) is 0 Å². The van der Waals surface area contributed by atoms with E-state index in [2.05, 4.69) is 48.8 Å². The van der Waals surface area contributed by atoms with Crippen molar-refractivity contribution < 1.29 is 0 Å². The summed E-state index contributed by atoms with van der Waals surface area (Å²) in [5.74, 6) is 0. The van der Waals surface area contributed by atoms with Crippen LogP contribution in [0.2, 0.25) is 0 Å². The van der Waals surface area contributed by atoms with E-state index in [9.17, 15) is 0 Å². The van der Waals surface area contributed by atoms with Crippen LogP contribution in [0.15, 0.2) is 49.2 Å². The summed E-state index contributed by atoms with van der Waals surface area (Å²) >= 11 is 0. The minimum atomic E-state index is 1.00. The first-order valence-electron chi connectivity index (χ1n) is 5.92. The maximum Gasteiger partial charge on any atom is 0.0655 e. The van der Waals surface area contributed by atoms with Crippen LogP contribution in [0.1, 0.15) is 22.4 Å². The topological polar surface area (TPSA) is 12.9 Å². The molecule has 1 aromatic heterocycles. The molecule has 0 N–H and O–H groups in total. The molecule has 1 aromatic carbocycles. The highest BCUT2D eigenvalue weighted by atomic mass is 14.7. The van der Waals surface area contributed by atoms with E-state index in [0.29, 0.717) is 0 Å². The Hall–Kier alpha value is -1.89. The summed E-state index contributed by atoms with van der Waals surface area (Å²) in [4.78, 5) is 4.31. The van der Waals surface area contributed by atoms with Gasteiger partial charge in [-0.2, -0.15) is 0 Å². The largest absolute Gasteiger partial charge is 0.257 e. The fraction of sp³-hybridized carbons (Fsp3) is 0.188. The molecule has 1 heteroatoms. The lowest BCUT2D eigenvalue weighted by Gasteiger charge is -2.07. The number of hydrogen-bond donors (Lipinski definition) is 0. The van der Waals surface area contributed by atoms with E-state index in [4.69, 9.17) is 0 Å². The maximum atomic E-state index is 4.31. The Labute approximate surface area is 103 Å². The molecule has 0 aliphatic heterocycles. The predicted octanol–water partition coefficient (Wildman–Crippen LogP) is 3.82. The smallest absolute Gasteiger partial charge is 0.0655 e. The molecule has 1 nitrogen and oxygen atoms in total. The molecule has 2 aromatic rings. The van der Waals surface area contributed by atoms with Crippen molar-refractivity contribution in [2.75, 3.05) is 0 Å². The number of nitrogens with zero attached hydrogens (tertiary/aromatic N) is 1. The van der Waals surface area contributed by atoms with E-state index in [1.165, 1.54) is 16.7 Å². The van der Waals surface area contributed by atoms with Crippen molar-refractivity contribution >= 4 is 6.08 Å². The highest BCUT2D eigenvalue weighted by Crippen LogP contribution is 2.13. The molecule has 0 amide bonds. The molecule has 1 heterocycles. The van der Waals surface area contributed by atoms with Crippen molar-refractivity contribution in [3.8, 4) is 0 Å². The molecule has 0 radical (unpaired) electrons. The number of aryl methyl sites for hydroxylation is 3. The molecule has 17 heavy (non-hydrogen) atoms. The molecule has 0 bridgehead atoms. The van der Waals surface area contributed by atoms with E-state index in [0.717, 1.165) is 18.5 Å². The Morgan fingerprint density at radius 1 is 1.06 bits per heavy atom. The van der Waals surface area contributed by atoms with Crippen molar-refractivity contribution in [2.45, 2.75) is 19.8 Å². The van der Waals surface area contributed by atoms with E-state index in [1.807, 2.05) is 18.3 Å². The molecule has 2 rings (SSSR count). The van der Waals surface area contributed by atoms with Gasteiger partial charge in [0.05, 0.1) is 5.69 Å². The first-order valence-corrected chi connectivity index (χ1v) is 5.92. The summed E-state index contributed by atoms with van der Waals surface area (Å²) in [6, 6.07) is 12.6. The Morgan fingerprint density at radius 2 is 1.76 bits per heavy atom. The molecule has 0 saturated heterocycles. The fourth-order valence-electron chi connectivity index (χ4n) is 2.01. The van der Waals surface area contributed by atoms with Crippen LogP contribution in [-0.2, 0) is 12.8 Å². The monoisotopic (exact) mass is 223 g/mol. The van der Waals surface area contributed by atoms with Gasteiger partial charge < -0.3 is 0 Å². The molecular formula is C16H17N. The standard InChI is InChI=1S/C16H17N/c1-3-16-15(9-6-12-17-16)11-10-14-8-5-4-7-13(14)2/h3-9,12H,1,10-11H2,2H3. The third-order valence-corrected chi connectivity index (χ3v) is 3.04. The van der Waals surface area contributed by atoms with Crippen molar-refractivity contribution in [1.82, 2.24) is 4.98 Å². The Morgan fingerprint density at radius 3 is 2.53 bits per heavy atom. The zero-order valence-corrected chi connectivity index (χ0v) is 10.2. The Kier molecular flexibility index (Phi) is 3.71. The van der Waals surface area contributed by atoms with Gasteiger partial charge >= 0.3 is 0 Å². The molecule has 0 aliphatic rings. The van der Waals surface area contributed by atoms with Gasteiger partial charge in [0.1, 0.15) is 0 Å². The van der Waals surface area contributed by atoms with Crippen LogP contribution in [0.25, 0.3) is 6.08 Å². The van der Waals surface area contributed by atoms with Crippen LogP contribution in [-0.4, -0.2) is 4.98 Å². The predicted molar refractivity (Wildman–Crippen MR) is 72.9 cm³/mol. The second-order valence-corrected chi connectivity index (χ2v) is 4.18. The SMILES string of the molecule is C=Cc1ncccc1CCc1ccccc1C. The molecule has 0 saturated carbocycles. The van der Waals surface area contributed by atoms with Crippen LogP contribution in [0.3, 0.4) is 0 Å². The molecule has 0 unspecified atom stereocenters. The first-order chi connectivity index (χ1) is 8.31. The normalized spacial score (nSPS) is 10.2. The summed E-state index contributed by atoms with van der Waals surface area (Å²) < 4.78 is 0. The van der Waals surface area contributed by atoms with Gasteiger partial charge in [0.15, 0.2) is 0 Å². The number of benzene rings is 1. The Bertz CT molecular complexity index is 514. The quantitative estimate of drug-likeness (QED) is 0.768. The number of rotatable bonds is 4.